The number of benzene rings is 2. The monoisotopic (exact) mass is 387 g/mol. The van der Waals surface area contributed by atoms with E-state index in [2.05, 4.69) is 15.1 Å². The molecule has 0 bridgehead atoms. The SMILES string of the molecule is Cc1cc(C)n2nc(CN(C(=O)COc3ccccc3)c3ccccc3)nc2n1. The first kappa shape index (κ1) is 18.6. The van der Waals surface area contributed by atoms with Gasteiger partial charge in [-0.15, -0.1) is 5.10 Å². The fourth-order valence-electron chi connectivity index (χ4n) is 3.09. The zero-order valence-electron chi connectivity index (χ0n) is 16.3. The van der Waals surface area contributed by atoms with Crippen molar-refractivity contribution in [2.24, 2.45) is 0 Å². The van der Waals surface area contributed by atoms with Crippen LogP contribution >= 0.6 is 0 Å². The number of carbonyl (C=O) groups is 1. The molecule has 0 spiro atoms. The molecule has 0 radical (unpaired) electrons. The van der Waals surface area contributed by atoms with Crippen LogP contribution in [0.3, 0.4) is 0 Å². The maximum atomic E-state index is 13.0. The van der Waals surface area contributed by atoms with Crippen molar-refractivity contribution in [3.63, 3.8) is 0 Å². The van der Waals surface area contributed by atoms with Crippen LogP contribution in [-0.4, -0.2) is 32.1 Å². The van der Waals surface area contributed by atoms with Gasteiger partial charge in [0.1, 0.15) is 5.75 Å². The van der Waals surface area contributed by atoms with E-state index in [-0.39, 0.29) is 19.1 Å². The van der Waals surface area contributed by atoms with E-state index >= 15 is 0 Å². The highest BCUT2D eigenvalue weighted by atomic mass is 16.5. The minimum absolute atomic E-state index is 0.0807. The van der Waals surface area contributed by atoms with Gasteiger partial charge in [-0.25, -0.2) is 9.50 Å². The molecular formula is C22H21N5O2. The fraction of sp³-hybridized carbons (Fsp3) is 0.182. The molecule has 0 atom stereocenters. The van der Waals surface area contributed by atoms with Crippen molar-refractivity contribution in [3.8, 4) is 5.75 Å². The molecule has 0 unspecified atom stereocenters. The van der Waals surface area contributed by atoms with Gasteiger partial charge in [-0.1, -0.05) is 36.4 Å². The molecule has 0 fully saturated rings. The molecule has 4 aromatic rings. The van der Waals surface area contributed by atoms with Gasteiger partial charge in [-0.3, -0.25) is 4.79 Å². The van der Waals surface area contributed by atoms with Crippen LogP contribution in [0.1, 0.15) is 17.2 Å². The number of para-hydroxylation sites is 2. The molecule has 2 heterocycles. The summed E-state index contributed by atoms with van der Waals surface area (Å²) < 4.78 is 7.34. The van der Waals surface area contributed by atoms with E-state index in [9.17, 15) is 4.79 Å². The predicted octanol–water partition coefficient (Wildman–Crippen LogP) is 3.35. The molecule has 146 valence electrons. The van der Waals surface area contributed by atoms with Crippen molar-refractivity contribution in [1.29, 1.82) is 0 Å². The van der Waals surface area contributed by atoms with Gasteiger partial charge in [-0.05, 0) is 44.2 Å². The normalized spacial score (nSPS) is 10.8. The lowest BCUT2D eigenvalue weighted by molar-refractivity contribution is -0.120. The van der Waals surface area contributed by atoms with E-state index in [0.29, 0.717) is 17.4 Å². The number of hydrogen-bond donors (Lipinski definition) is 0. The standard InChI is InChI=1S/C22H21N5O2/c1-16-13-17(2)27-22(23-16)24-20(25-27)14-26(18-9-5-3-6-10-18)21(28)15-29-19-11-7-4-8-12-19/h3-13H,14-15H2,1-2H3. The number of anilines is 1. The molecule has 0 saturated heterocycles. The second-order valence-corrected chi connectivity index (χ2v) is 6.70. The predicted molar refractivity (Wildman–Crippen MR) is 110 cm³/mol. The van der Waals surface area contributed by atoms with E-state index in [4.69, 9.17) is 4.74 Å². The first-order chi connectivity index (χ1) is 14.1. The number of carbonyl (C=O) groups excluding carboxylic acids is 1. The molecule has 0 aliphatic carbocycles. The van der Waals surface area contributed by atoms with E-state index in [1.54, 1.807) is 9.42 Å². The number of aryl methyl sites for hydroxylation is 2. The van der Waals surface area contributed by atoms with Gasteiger partial charge in [0.25, 0.3) is 11.7 Å². The summed E-state index contributed by atoms with van der Waals surface area (Å²) in [4.78, 5) is 23.5. The minimum Gasteiger partial charge on any atom is -0.484 e. The van der Waals surface area contributed by atoms with Gasteiger partial charge in [0, 0.05) is 17.1 Å². The van der Waals surface area contributed by atoms with Crippen molar-refractivity contribution in [2.45, 2.75) is 20.4 Å². The summed E-state index contributed by atoms with van der Waals surface area (Å²) in [6, 6.07) is 20.7. The van der Waals surface area contributed by atoms with Gasteiger partial charge in [0.15, 0.2) is 12.4 Å². The third-order valence-electron chi connectivity index (χ3n) is 4.44. The summed E-state index contributed by atoms with van der Waals surface area (Å²) in [6.07, 6.45) is 0. The van der Waals surface area contributed by atoms with Gasteiger partial charge in [0.05, 0.1) is 6.54 Å². The van der Waals surface area contributed by atoms with Crippen LogP contribution in [0.25, 0.3) is 5.78 Å². The maximum absolute atomic E-state index is 13.0. The lowest BCUT2D eigenvalue weighted by Crippen LogP contribution is -2.35. The summed E-state index contributed by atoms with van der Waals surface area (Å²) in [5, 5.41) is 4.53. The largest absolute Gasteiger partial charge is 0.484 e. The van der Waals surface area contributed by atoms with Crippen LogP contribution in [0.5, 0.6) is 5.75 Å². The second kappa shape index (κ2) is 8.10. The molecule has 4 rings (SSSR count). The summed E-state index contributed by atoms with van der Waals surface area (Å²) in [5.74, 6) is 1.51. The highest BCUT2D eigenvalue weighted by Crippen LogP contribution is 2.17. The number of fused-ring (bicyclic) bond motifs is 1. The lowest BCUT2D eigenvalue weighted by Gasteiger charge is -2.21. The van der Waals surface area contributed by atoms with Crippen LogP contribution in [0.15, 0.2) is 66.7 Å². The second-order valence-electron chi connectivity index (χ2n) is 6.70. The van der Waals surface area contributed by atoms with Crippen LogP contribution in [0, 0.1) is 13.8 Å². The smallest absolute Gasteiger partial charge is 0.265 e. The van der Waals surface area contributed by atoms with Crippen molar-refractivity contribution in [2.75, 3.05) is 11.5 Å². The number of nitrogens with zero attached hydrogens (tertiary/aromatic N) is 5. The zero-order valence-corrected chi connectivity index (χ0v) is 16.3. The summed E-state index contributed by atoms with van der Waals surface area (Å²) in [6.45, 7) is 4.02. The molecule has 2 aromatic heterocycles. The van der Waals surface area contributed by atoms with E-state index < -0.39 is 0 Å². The molecule has 0 aliphatic rings. The van der Waals surface area contributed by atoms with Crippen LogP contribution in [-0.2, 0) is 11.3 Å². The Morgan fingerprint density at radius 2 is 1.69 bits per heavy atom. The topological polar surface area (TPSA) is 72.6 Å². The number of ether oxygens (including phenoxy) is 1. The van der Waals surface area contributed by atoms with Gasteiger partial charge in [-0.2, -0.15) is 4.98 Å². The maximum Gasteiger partial charge on any atom is 0.265 e. The highest BCUT2D eigenvalue weighted by Gasteiger charge is 2.20. The number of hydrogen-bond acceptors (Lipinski definition) is 5. The Balaban J connectivity index is 1.59. The number of aromatic nitrogens is 4. The molecule has 2 aromatic carbocycles. The Labute approximate surface area is 168 Å². The van der Waals surface area contributed by atoms with Crippen molar-refractivity contribution in [3.05, 3.63) is 83.9 Å². The third kappa shape index (κ3) is 4.24. The number of rotatable bonds is 6. The Kier molecular flexibility index (Phi) is 5.20. The average Bonchev–Trinajstić information content (AvgIpc) is 3.14. The molecular weight excluding hydrogens is 366 g/mol. The summed E-state index contributed by atoms with van der Waals surface area (Å²) in [5.41, 5.74) is 2.58. The van der Waals surface area contributed by atoms with Crippen molar-refractivity contribution >= 4 is 17.4 Å². The molecule has 29 heavy (non-hydrogen) atoms. The van der Waals surface area contributed by atoms with Crippen LogP contribution in [0.2, 0.25) is 0 Å². The van der Waals surface area contributed by atoms with Crippen molar-refractivity contribution in [1.82, 2.24) is 19.6 Å². The minimum atomic E-state index is -0.181. The summed E-state index contributed by atoms with van der Waals surface area (Å²) >= 11 is 0. The molecule has 0 saturated carbocycles. The lowest BCUT2D eigenvalue weighted by atomic mass is 10.2. The zero-order chi connectivity index (χ0) is 20.2. The van der Waals surface area contributed by atoms with Crippen LogP contribution in [0.4, 0.5) is 5.69 Å². The molecule has 0 N–H and O–H groups in total. The first-order valence-electron chi connectivity index (χ1n) is 9.33. The van der Waals surface area contributed by atoms with Gasteiger partial charge < -0.3 is 9.64 Å². The van der Waals surface area contributed by atoms with E-state index in [1.165, 1.54) is 0 Å². The molecule has 7 heteroatoms. The van der Waals surface area contributed by atoms with Gasteiger partial charge >= 0.3 is 0 Å². The van der Waals surface area contributed by atoms with Gasteiger partial charge in [0.2, 0.25) is 0 Å². The molecule has 0 aliphatic heterocycles. The molecule has 1 amide bonds. The number of amides is 1. The average molecular weight is 387 g/mol. The Morgan fingerprint density at radius 1 is 1.00 bits per heavy atom. The fourth-order valence-corrected chi connectivity index (χ4v) is 3.09. The third-order valence-corrected chi connectivity index (χ3v) is 4.44. The van der Waals surface area contributed by atoms with E-state index in [0.717, 1.165) is 17.1 Å². The molecule has 7 nitrogen and oxygen atoms in total. The Hall–Kier alpha value is -3.74. The van der Waals surface area contributed by atoms with Crippen molar-refractivity contribution < 1.29 is 9.53 Å². The Morgan fingerprint density at radius 3 is 2.41 bits per heavy atom. The van der Waals surface area contributed by atoms with E-state index in [1.807, 2.05) is 80.6 Å². The highest BCUT2D eigenvalue weighted by molar-refractivity contribution is 5.94. The van der Waals surface area contributed by atoms with Crippen LogP contribution < -0.4 is 9.64 Å². The Bertz CT molecular complexity index is 1130. The summed E-state index contributed by atoms with van der Waals surface area (Å²) in [7, 11) is 0. The quantitative estimate of drug-likeness (QED) is 0.507. The first-order valence-corrected chi connectivity index (χ1v) is 9.33.